The molecule has 0 aliphatic heterocycles. The van der Waals surface area contributed by atoms with Gasteiger partial charge in [0.25, 0.3) is 5.91 Å². The summed E-state index contributed by atoms with van der Waals surface area (Å²) in [6, 6.07) is 5.80. The molecule has 6 heteroatoms. The van der Waals surface area contributed by atoms with E-state index in [9.17, 15) is 4.79 Å². The van der Waals surface area contributed by atoms with E-state index < -0.39 is 0 Å². The molecule has 0 aliphatic rings. The number of hydrogen-bond acceptors (Lipinski definition) is 4. The Bertz CT molecular complexity index is 580. The van der Waals surface area contributed by atoms with Crippen molar-refractivity contribution in [3.8, 4) is 0 Å². The second kappa shape index (κ2) is 7.42. The number of carbonyl (C=O) groups is 1. The van der Waals surface area contributed by atoms with Crippen LogP contribution in [0.4, 0.5) is 5.69 Å². The topological polar surface area (TPSA) is 82.7 Å². The van der Waals surface area contributed by atoms with Gasteiger partial charge < -0.3 is 10.6 Å². The summed E-state index contributed by atoms with van der Waals surface area (Å²) in [5.74, 6) is 0.788. The molecule has 0 saturated heterocycles. The van der Waals surface area contributed by atoms with E-state index in [1.807, 2.05) is 32.0 Å². The first-order chi connectivity index (χ1) is 10.2. The number of nitrogens with one attached hydrogen (secondary N) is 3. The second-order valence-electron chi connectivity index (χ2n) is 4.87. The number of aromatic amines is 1. The van der Waals surface area contributed by atoms with Crippen LogP contribution in [0.25, 0.3) is 0 Å². The molecule has 0 unspecified atom stereocenters. The number of amides is 1. The molecule has 1 heterocycles. The Morgan fingerprint density at radius 2 is 2.24 bits per heavy atom. The minimum atomic E-state index is -0.0523. The van der Waals surface area contributed by atoms with E-state index in [1.54, 1.807) is 0 Å². The standard InChI is InChI=1S/C15H21N5O/c1-3-16-13-9-11(2)6-7-12(13)15(21)17-8-4-5-14-18-10-19-20-14/h6-7,9-10,16H,3-5,8H2,1-2H3,(H,17,21)(H,18,19,20). The van der Waals surface area contributed by atoms with Gasteiger partial charge in [0.15, 0.2) is 0 Å². The van der Waals surface area contributed by atoms with Crippen LogP contribution in [0.3, 0.4) is 0 Å². The van der Waals surface area contributed by atoms with Gasteiger partial charge in [-0.15, -0.1) is 0 Å². The number of carbonyl (C=O) groups excluding carboxylic acids is 1. The van der Waals surface area contributed by atoms with Crippen molar-refractivity contribution in [3.63, 3.8) is 0 Å². The molecule has 0 aliphatic carbocycles. The van der Waals surface area contributed by atoms with Crippen LogP contribution in [-0.2, 0) is 6.42 Å². The van der Waals surface area contributed by atoms with Crippen molar-refractivity contribution in [2.24, 2.45) is 0 Å². The highest BCUT2D eigenvalue weighted by molar-refractivity contribution is 5.99. The first-order valence-electron chi connectivity index (χ1n) is 7.17. The minimum Gasteiger partial charge on any atom is -0.385 e. The largest absolute Gasteiger partial charge is 0.385 e. The maximum Gasteiger partial charge on any atom is 0.253 e. The van der Waals surface area contributed by atoms with Gasteiger partial charge in [-0.3, -0.25) is 9.89 Å². The number of aryl methyl sites for hydroxylation is 2. The average molecular weight is 287 g/mol. The average Bonchev–Trinajstić information content (AvgIpc) is 2.97. The lowest BCUT2D eigenvalue weighted by atomic mass is 10.1. The van der Waals surface area contributed by atoms with E-state index >= 15 is 0 Å². The monoisotopic (exact) mass is 287 g/mol. The Balaban J connectivity index is 1.87. The van der Waals surface area contributed by atoms with Crippen LogP contribution in [-0.4, -0.2) is 34.2 Å². The van der Waals surface area contributed by atoms with Crippen molar-refractivity contribution in [1.29, 1.82) is 0 Å². The molecule has 1 amide bonds. The third-order valence-electron chi connectivity index (χ3n) is 3.13. The Kier molecular flexibility index (Phi) is 5.31. The Hall–Kier alpha value is -2.37. The molecule has 0 bridgehead atoms. The number of anilines is 1. The number of nitrogens with zero attached hydrogens (tertiary/aromatic N) is 2. The molecule has 1 aromatic heterocycles. The van der Waals surface area contributed by atoms with Crippen molar-refractivity contribution in [2.75, 3.05) is 18.4 Å². The molecular weight excluding hydrogens is 266 g/mol. The summed E-state index contributed by atoms with van der Waals surface area (Å²) in [4.78, 5) is 16.3. The molecule has 112 valence electrons. The highest BCUT2D eigenvalue weighted by Gasteiger charge is 2.10. The van der Waals surface area contributed by atoms with Crippen LogP contribution in [0.1, 0.15) is 35.1 Å². The van der Waals surface area contributed by atoms with Crippen molar-refractivity contribution in [1.82, 2.24) is 20.5 Å². The van der Waals surface area contributed by atoms with E-state index in [2.05, 4.69) is 25.8 Å². The van der Waals surface area contributed by atoms with Crippen LogP contribution in [0.15, 0.2) is 24.5 Å². The summed E-state index contributed by atoms with van der Waals surface area (Å²) in [5.41, 5.74) is 2.69. The molecule has 2 aromatic rings. The van der Waals surface area contributed by atoms with Crippen LogP contribution >= 0.6 is 0 Å². The number of aromatic nitrogens is 3. The SMILES string of the molecule is CCNc1cc(C)ccc1C(=O)NCCCc1ncn[nH]1. The zero-order valence-corrected chi connectivity index (χ0v) is 12.4. The maximum atomic E-state index is 12.2. The third-order valence-corrected chi connectivity index (χ3v) is 3.13. The first-order valence-corrected chi connectivity index (χ1v) is 7.17. The summed E-state index contributed by atoms with van der Waals surface area (Å²) in [6.07, 6.45) is 3.08. The second-order valence-corrected chi connectivity index (χ2v) is 4.87. The predicted molar refractivity (Wildman–Crippen MR) is 82.4 cm³/mol. The number of benzene rings is 1. The normalized spacial score (nSPS) is 10.4. The summed E-state index contributed by atoms with van der Waals surface area (Å²) in [6.45, 7) is 5.43. The molecule has 3 N–H and O–H groups in total. The fourth-order valence-corrected chi connectivity index (χ4v) is 2.10. The van der Waals surface area contributed by atoms with Gasteiger partial charge in [0, 0.05) is 25.2 Å². The summed E-state index contributed by atoms with van der Waals surface area (Å²) < 4.78 is 0. The van der Waals surface area contributed by atoms with Crippen molar-refractivity contribution >= 4 is 11.6 Å². The minimum absolute atomic E-state index is 0.0523. The Morgan fingerprint density at radius 1 is 1.38 bits per heavy atom. The zero-order chi connectivity index (χ0) is 15.1. The van der Waals surface area contributed by atoms with E-state index in [1.165, 1.54) is 6.33 Å². The molecule has 21 heavy (non-hydrogen) atoms. The molecule has 1 aromatic carbocycles. The van der Waals surface area contributed by atoms with Crippen LogP contribution in [0.2, 0.25) is 0 Å². The van der Waals surface area contributed by atoms with E-state index in [4.69, 9.17) is 0 Å². The Labute approximate surface area is 124 Å². The molecule has 0 saturated carbocycles. The quantitative estimate of drug-likeness (QED) is 0.679. The lowest BCUT2D eigenvalue weighted by molar-refractivity contribution is 0.0954. The van der Waals surface area contributed by atoms with Crippen molar-refractivity contribution < 1.29 is 4.79 Å². The first kappa shape index (κ1) is 15.0. The van der Waals surface area contributed by atoms with Gasteiger partial charge in [-0.2, -0.15) is 5.10 Å². The number of hydrogen-bond donors (Lipinski definition) is 3. The van der Waals surface area contributed by atoms with Gasteiger partial charge in [0.2, 0.25) is 0 Å². The van der Waals surface area contributed by atoms with Crippen molar-refractivity contribution in [2.45, 2.75) is 26.7 Å². The van der Waals surface area contributed by atoms with Crippen LogP contribution in [0.5, 0.6) is 0 Å². The van der Waals surface area contributed by atoms with E-state index in [-0.39, 0.29) is 5.91 Å². The highest BCUT2D eigenvalue weighted by Crippen LogP contribution is 2.17. The zero-order valence-electron chi connectivity index (χ0n) is 12.4. The predicted octanol–water partition coefficient (Wildman–Crippen LogP) is 1.91. The van der Waals surface area contributed by atoms with Gasteiger partial charge >= 0.3 is 0 Å². The van der Waals surface area contributed by atoms with E-state index in [0.717, 1.165) is 36.5 Å². The summed E-state index contributed by atoms with van der Waals surface area (Å²) in [7, 11) is 0. The number of H-pyrrole nitrogens is 1. The molecule has 6 nitrogen and oxygen atoms in total. The van der Waals surface area contributed by atoms with Gasteiger partial charge in [-0.25, -0.2) is 4.98 Å². The van der Waals surface area contributed by atoms with Gasteiger partial charge in [-0.1, -0.05) is 6.07 Å². The maximum absolute atomic E-state index is 12.2. The molecular formula is C15H21N5O. The van der Waals surface area contributed by atoms with E-state index in [0.29, 0.717) is 12.1 Å². The van der Waals surface area contributed by atoms with Gasteiger partial charge in [0.1, 0.15) is 12.2 Å². The highest BCUT2D eigenvalue weighted by atomic mass is 16.1. The smallest absolute Gasteiger partial charge is 0.253 e. The molecule has 0 atom stereocenters. The third kappa shape index (κ3) is 4.30. The van der Waals surface area contributed by atoms with Gasteiger partial charge in [0.05, 0.1) is 5.56 Å². The lowest BCUT2D eigenvalue weighted by Crippen LogP contribution is -2.26. The lowest BCUT2D eigenvalue weighted by Gasteiger charge is -2.12. The van der Waals surface area contributed by atoms with Gasteiger partial charge in [-0.05, 0) is 38.0 Å². The fraction of sp³-hybridized carbons (Fsp3) is 0.400. The summed E-state index contributed by atoms with van der Waals surface area (Å²) >= 11 is 0. The van der Waals surface area contributed by atoms with Crippen molar-refractivity contribution in [3.05, 3.63) is 41.5 Å². The fourth-order valence-electron chi connectivity index (χ4n) is 2.10. The van der Waals surface area contributed by atoms with Crippen LogP contribution in [0, 0.1) is 6.92 Å². The Morgan fingerprint density at radius 3 is 2.95 bits per heavy atom. The summed E-state index contributed by atoms with van der Waals surface area (Å²) in [5, 5.41) is 12.8. The molecule has 0 radical (unpaired) electrons. The number of rotatable bonds is 7. The molecule has 0 fully saturated rings. The molecule has 0 spiro atoms. The molecule has 2 rings (SSSR count). The van der Waals surface area contributed by atoms with Crippen LogP contribution < -0.4 is 10.6 Å².